The molecule has 4 aliphatic carbocycles. The number of rotatable bonds is 6. The number of hydrogen-bond acceptors (Lipinski definition) is 7. The van der Waals surface area contributed by atoms with Crippen molar-refractivity contribution < 1.29 is 32.2 Å². The number of aliphatic hydroxyl groups is 1. The van der Waals surface area contributed by atoms with E-state index < -0.39 is 28.6 Å². The number of carbonyl (C=O) groups excluding carboxylic acids is 1. The molecule has 0 bridgehead atoms. The molecule has 4 aliphatic rings. The van der Waals surface area contributed by atoms with Crippen molar-refractivity contribution in [3.63, 3.8) is 0 Å². The molecular weight excluding hydrogens is 432 g/mol. The molecule has 4 saturated carbocycles. The third-order valence-electron chi connectivity index (χ3n) is 10.5. The molecule has 0 aliphatic heterocycles. The average molecular weight is 471 g/mol. The van der Waals surface area contributed by atoms with E-state index in [0.29, 0.717) is 48.9 Å². The lowest BCUT2D eigenvalue weighted by molar-refractivity contribution is -0.306. The predicted molar refractivity (Wildman–Crippen MR) is 115 cm³/mol. The molecule has 1 N–H and O–H groups in total. The van der Waals surface area contributed by atoms with Crippen molar-refractivity contribution in [2.45, 2.75) is 97.2 Å². The topological polar surface area (TPSA) is 127 Å². The first-order valence-electron chi connectivity index (χ1n) is 12.4. The zero-order chi connectivity index (χ0) is 23.5. The van der Waals surface area contributed by atoms with Crippen molar-refractivity contribution in [3.05, 3.63) is 0 Å². The second-order valence-corrected chi connectivity index (χ2v) is 12.8. The van der Waals surface area contributed by atoms with Crippen LogP contribution in [0.4, 0.5) is 0 Å². The van der Waals surface area contributed by atoms with Crippen molar-refractivity contribution in [1.29, 1.82) is 0 Å². The van der Waals surface area contributed by atoms with Crippen LogP contribution in [0.3, 0.4) is 0 Å². The van der Waals surface area contributed by atoms with Gasteiger partial charge >= 0.3 is 0 Å². The van der Waals surface area contributed by atoms with Crippen molar-refractivity contribution in [1.82, 2.24) is 0 Å². The molecule has 32 heavy (non-hydrogen) atoms. The quantitative estimate of drug-likeness (QED) is 0.467. The number of hydrogen-bond donors (Lipinski definition) is 1. The maximum Gasteiger partial charge on any atom is 0.217 e. The van der Waals surface area contributed by atoms with E-state index in [1.807, 2.05) is 0 Å². The number of aliphatic carboxylic acids is 1. The van der Waals surface area contributed by atoms with E-state index in [-0.39, 0.29) is 23.2 Å². The zero-order valence-corrected chi connectivity index (χ0v) is 20.3. The van der Waals surface area contributed by atoms with Gasteiger partial charge in [-0.15, -0.1) is 0 Å². The molecule has 0 aromatic rings. The average Bonchev–Trinajstić information content (AvgIpc) is 3.05. The summed E-state index contributed by atoms with van der Waals surface area (Å²) >= 11 is 0. The SMILES string of the molecule is C[C@H](CCC(=O)[O-])[C@H]1CC[C@H]2[C@@H]3CC[C@@H]4C[C@H](OS(=O)(=O)[O-])CC[C@]4(C)[C@H]3C[C@H](O)[C@]12C. The Labute approximate surface area is 192 Å². The summed E-state index contributed by atoms with van der Waals surface area (Å²) in [4.78, 5) is 11.0. The van der Waals surface area contributed by atoms with E-state index in [9.17, 15) is 28.0 Å². The molecule has 0 saturated heterocycles. The van der Waals surface area contributed by atoms with Crippen LogP contribution in [0.5, 0.6) is 0 Å². The summed E-state index contributed by atoms with van der Waals surface area (Å²) in [5, 5.41) is 22.5. The molecule has 0 aromatic heterocycles. The summed E-state index contributed by atoms with van der Waals surface area (Å²) < 4.78 is 38.1. The van der Waals surface area contributed by atoms with Gasteiger partial charge in [0.2, 0.25) is 10.4 Å². The number of carboxylic acids is 1. The first kappa shape index (κ1) is 24.4. The third kappa shape index (κ3) is 4.14. The van der Waals surface area contributed by atoms with Crippen molar-refractivity contribution in [2.75, 3.05) is 0 Å². The maximum absolute atomic E-state index is 11.5. The Hall–Kier alpha value is -0.700. The lowest BCUT2D eigenvalue weighted by atomic mass is 9.43. The van der Waals surface area contributed by atoms with Gasteiger partial charge in [0.1, 0.15) is 0 Å². The largest absolute Gasteiger partial charge is 0.726 e. The zero-order valence-electron chi connectivity index (χ0n) is 19.5. The van der Waals surface area contributed by atoms with Gasteiger partial charge in [-0.1, -0.05) is 20.8 Å². The minimum Gasteiger partial charge on any atom is -0.726 e. The van der Waals surface area contributed by atoms with Gasteiger partial charge in [-0.25, -0.2) is 8.42 Å². The summed E-state index contributed by atoms with van der Waals surface area (Å²) in [5.74, 6) is 1.21. The first-order chi connectivity index (χ1) is 14.9. The van der Waals surface area contributed by atoms with Gasteiger partial charge in [-0.3, -0.25) is 4.18 Å². The fraction of sp³-hybridized carbons (Fsp3) is 0.958. The molecular formula is C24H38O7S-2. The van der Waals surface area contributed by atoms with Crippen LogP contribution in [-0.4, -0.2) is 36.3 Å². The number of fused-ring (bicyclic) bond motifs is 5. The van der Waals surface area contributed by atoms with Crippen LogP contribution in [0, 0.1) is 46.3 Å². The lowest BCUT2D eigenvalue weighted by Gasteiger charge is -2.62. The lowest BCUT2D eigenvalue weighted by Crippen LogP contribution is -2.59. The Bertz CT molecular complexity index is 828. The normalized spacial score (nSPS) is 47.2. The van der Waals surface area contributed by atoms with Crippen LogP contribution in [-0.2, 0) is 19.4 Å². The van der Waals surface area contributed by atoms with Crippen molar-refractivity contribution in [2.24, 2.45) is 46.3 Å². The van der Waals surface area contributed by atoms with E-state index in [1.165, 1.54) is 0 Å². The van der Waals surface area contributed by atoms with E-state index in [2.05, 4.69) is 20.8 Å². The third-order valence-corrected chi connectivity index (χ3v) is 11.0. The van der Waals surface area contributed by atoms with Crippen LogP contribution in [0.2, 0.25) is 0 Å². The van der Waals surface area contributed by atoms with Gasteiger partial charge in [0.15, 0.2) is 0 Å². The smallest absolute Gasteiger partial charge is 0.217 e. The molecule has 10 atom stereocenters. The Morgan fingerprint density at radius 1 is 1.12 bits per heavy atom. The summed E-state index contributed by atoms with van der Waals surface area (Å²) in [5.41, 5.74) is -0.164. The van der Waals surface area contributed by atoms with Crippen LogP contribution in [0.15, 0.2) is 0 Å². The van der Waals surface area contributed by atoms with E-state index in [1.54, 1.807) is 0 Å². The van der Waals surface area contributed by atoms with Crippen LogP contribution in [0.1, 0.15) is 85.0 Å². The molecule has 4 fully saturated rings. The van der Waals surface area contributed by atoms with Crippen LogP contribution < -0.4 is 5.11 Å². The second kappa shape index (κ2) is 8.51. The first-order valence-corrected chi connectivity index (χ1v) is 13.7. The maximum atomic E-state index is 11.5. The fourth-order valence-corrected chi connectivity index (χ4v) is 9.45. The van der Waals surface area contributed by atoms with E-state index >= 15 is 0 Å². The highest BCUT2D eigenvalue weighted by Gasteiger charge is 2.63. The van der Waals surface area contributed by atoms with Gasteiger partial charge in [0, 0.05) is 5.97 Å². The van der Waals surface area contributed by atoms with Gasteiger partial charge in [0.25, 0.3) is 0 Å². The molecule has 0 unspecified atom stereocenters. The summed E-state index contributed by atoms with van der Waals surface area (Å²) in [6.07, 6.45) is 6.65. The van der Waals surface area contributed by atoms with Crippen molar-refractivity contribution >= 4 is 16.4 Å². The molecule has 7 nitrogen and oxygen atoms in total. The molecule has 0 heterocycles. The molecule has 0 amide bonds. The van der Waals surface area contributed by atoms with Gasteiger partial charge in [-0.05, 0) is 111 Å². The summed E-state index contributed by atoms with van der Waals surface area (Å²) in [6.45, 7) is 6.67. The highest BCUT2D eigenvalue weighted by Crippen LogP contribution is 2.68. The fourth-order valence-electron chi connectivity index (χ4n) is 8.94. The van der Waals surface area contributed by atoms with Crippen LogP contribution in [0.25, 0.3) is 0 Å². The summed E-state index contributed by atoms with van der Waals surface area (Å²) in [7, 11) is -4.69. The van der Waals surface area contributed by atoms with Crippen LogP contribution >= 0.6 is 0 Å². The van der Waals surface area contributed by atoms with E-state index in [4.69, 9.17) is 4.18 Å². The Morgan fingerprint density at radius 2 is 1.84 bits per heavy atom. The highest BCUT2D eigenvalue weighted by molar-refractivity contribution is 7.80. The molecule has 4 rings (SSSR count). The minimum absolute atomic E-state index is 0.0242. The number of carbonyl (C=O) groups is 1. The predicted octanol–water partition coefficient (Wildman–Crippen LogP) is 2.63. The Balaban J connectivity index is 1.52. The highest BCUT2D eigenvalue weighted by atomic mass is 32.3. The molecule has 0 spiro atoms. The van der Waals surface area contributed by atoms with Gasteiger partial charge < -0.3 is 19.6 Å². The van der Waals surface area contributed by atoms with Gasteiger partial charge in [-0.2, -0.15) is 0 Å². The molecule has 8 heteroatoms. The standard InChI is InChI=1S/C24H40O7S/c1-14(4-9-22(26)27)18-7-8-19-17-6-5-15-12-16(31-32(28,29)30)10-11-23(15,2)20(17)13-21(25)24(18,19)3/h14-21,25H,4-13H2,1-3H3,(H,26,27)(H,28,29,30)/p-2/t14-,15-,16-,17+,18-,19+,20+,21+,23+,24-/m1/s1. The van der Waals surface area contributed by atoms with E-state index in [0.717, 1.165) is 38.5 Å². The number of carboxylic acid groups (broad SMARTS) is 1. The summed E-state index contributed by atoms with van der Waals surface area (Å²) in [6, 6.07) is 0. The van der Waals surface area contributed by atoms with Crippen molar-refractivity contribution in [3.8, 4) is 0 Å². The Morgan fingerprint density at radius 3 is 2.50 bits per heavy atom. The molecule has 184 valence electrons. The Kier molecular flexibility index (Phi) is 6.49. The molecule has 0 aromatic carbocycles. The number of aliphatic hydroxyl groups excluding tert-OH is 1. The molecule has 0 radical (unpaired) electrons. The monoisotopic (exact) mass is 470 g/mol. The minimum atomic E-state index is -4.69. The second-order valence-electron chi connectivity index (χ2n) is 11.7. The van der Waals surface area contributed by atoms with Gasteiger partial charge in [0.05, 0.1) is 12.2 Å².